The molecule has 0 aliphatic carbocycles. The van der Waals surface area contributed by atoms with Crippen LogP contribution >= 0.6 is 0 Å². The van der Waals surface area contributed by atoms with Crippen molar-refractivity contribution in [2.75, 3.05) is 16.6 Å². The Morgan fingerprint density at radius 1 is 1.53 bits per heavy atom. The Morgan fingerprint density at radius 3 is 2.84 bits per heavy atom. The zero-order valence-electron chi connectivity index (χ0n) is 9.68. The number of para-hydroxylation sites is 2. The monoisotopic (exact) mass is 282 g/mol. The van der Waals surface area contributed by atoms with Crippen molar-refractivity contribution in [3.05, 3.63) is 24.3 Å². The summed E-state index contributed by atoms with van der Waals surface area (Å²) in [7, 11) is -3.88. The summed E-state index contributed by atoms with van der Waals surface area (Å²) >= 11 is 0. The van der Waals surface area contributed by atoms with Gasteiger partial charge in [-0.15, -0.1) is 0 Å². The minimum Gasteiger partial charge on any atom is -0.478 e. The molecule has 0 aromatic heterocycles. The number of aliphatic carboxylic acids is 1. The number of carboxylic acids is 1. The van der Waals surface area contributed by atoms with Crippen LogP contribution in [0.4, 0.5) is 5.69 Å². The first kappa shape index (κ1) is 13.2. The van der Waals surface area contributed by atoms with Gasteiger partial charge in [-0.25, -0.2) is 13.2 Å². The molecular weight excluding hydrogens is 272 g/mol. The number of rotatable bonds is 3. The van der Waals surface area contributed by atoms with E-state index in [1.165, 1.54) is 12.1 Å². The minimum absolute atomic E-state index is 0.169. The van der Waals surface area contributed by atoms with Gasteiger partial charge in [-0.2, -0.15) is 5.26 Å². The average molecular weight is 282 g/mol. The maximum Gasteiger partial charge on any atom is 0.346 e. The molecule has 7 nitrogen and oxygen atoms in total. The van der Waals surface area contributed by atoms with Gasteiger partial charge in [0.15, 0.2) is 5.75 Å². The van der Waals surface area contributed by atoms with E-state index in [0.29, 0.717) is 0 Å². The first-order valence-electron chi connectivity index (χ1n) is 5.31. The van der Waals surface area contributed by atoms with E-state index in [1.54, 1.807) is 18.2 Å². The number of sulfonamides is 1. The van der Waals surface area contributed by atoms with E-state index in [2.05, 4.69) is 0 Å². The molecule has 1 aromatic rings. The molecule has 0 radical (unpaired) electrons. The van der Waals surface area contributed by atoms with Crippen LogP contribution in [0.5, 0.6) is 5.75 Å². The molecule has 1 heterocycles. The van der Waals surface area contributed by atoms with Crippen LogP contribution in [-0.4, -0.2) is 37.9 Å². The van der Waals surface area contributed by atoms with Gasteiger partial charge in [0, 0.05) is 0 Å². The number of hydrogen-bond acceptors (Lipinski definition) is 5. The molecule has 1 atom stereocenters. The molecule has 2 rings (SSSR count). The topological polar surface area (TPSA) is 108 Å². The highest BCUT2D eigenvalue weighted by atomic mass is 32.2. The highest BCUT2D eigenvalue weighted by molar-refractivity contribution is 7.93. The van der Waals surface area contributed by atoms with Gasteiger partial charge >= 0.3 is 5.97 Å². The van der Waals surface area contributed by atoms with Crippen molar-refractivity contribution in [3.8, 4) is 11.8 Å². The fourth-order valence-corrected chi connectivity index (χ4v) is 2.89. The summed E-state index contributed by atoms with van der Waals surface area (Å²) in [5.41, 5.74) is 0.246. The lowest BCUT2D eigenvalue weighted by atomic mass is 10.2. The Hall–Kier alpha value is -2.27. The standard InChI is InChI=1S/C11H10N2O5S/c12-5-6-19(16,17)13-7-10(11(14)15)18-9-4-2-1-3-8(9)13/h1-4,10H,6-7H2,(H,14,15). The van der Waals surface area contributed by atoms with Gasteiger partial charge in [-0.05, 0) is 12.1 Å². The summed E-state index contributed by atoms with van der Waals surface area (Å²) < 4.78 is 30.1. The molecular formula is C11H10N2O5S. The molecule has 1 aliphatic rings. The lowest BCUT2D eigenvalue weighted by molar-refractivity contribution is -0.144. The third kappa shape index (κ3) is 2.46. The number of nitrogens with zero attached hydrogens (tertiary/aromatic N) is 2. The van der Waals surface area contributed by atoms with Crippen LogP contribution in [0.2, 0.25) is 0 Å². The molecule has 1 aliphatic heterocycles. The SMILES string of the molecule is N#CCS(=O)(=O)N1CC(C(=O)O)Oc2ccccc21. The Morgan fingerprint density at radius 2 is 2.21 bits per heavy atom. The van der Waals surface area contributed by atoms with E-state index < -0.39 is 27.8 Å². The average Bonchev–Trinajstić information content (AvgIpc) is 2.37. The van der Waals surface area contributed by atoms with Crippen molar-refractivity contribution in [2.45, 2.75) is 6.10 Å². The van der Waals surface area contributed by atoms with Crippen LogP contribution in [0.15, 0.2) is 24.3 Å². The van der Waals surface area contributed by atoms with E-state index >= 15 is 0 Å². The number of fused-ring (bicyclic) bond motifs is 1. The van der Waals surface area contributed by atoms with Crippen molar-refractivity contribution >= 4 is 21.7 Å². The van der Waals surface area contributed by atoms with Gasteiger partial charge in [0.2, 0.25) is 16.1 Å². The molecule has 0 saturated carbocycles. The summed E-state index contributed by atoms with van der Waals surface area (Å²) in [5.74, 6) is -1.80. The number of anilines is 1. The first-order valence-corrected chi connectivity index (χ1v) is 6.92. The van der Waals surface area contributed by atoms with Crippen molar-refractivity contribution in [1.29, 1.82) is 5.26 Å². The Kier molecular flexibility index (Phi) is 3.31. The zero-order valence-corrected chi connectivity index (χ0v) is 10.5. The van der Waals surface area contributed by atoms with Gasteiger partial charge in [0.25, 0.3) is 0 Å². The summed E-state index contributed by atoms with van der Waals surface area (Å²) in [6.07, 6.45) is -1.29. The molecule has 0 spiro atoms. The molecule has 1 aromatic carbocycles. The largest absolute Gasteiger partial charge is 0.478 e. The molecule has 0 fully saturated rings. The third-order valence-electron chi connectivity index (χ3n) is 2.59. The van der Waals surface area contributed by atoms with Crippen LogP contribution in [0.3, 0.4) is 0 Å². The van der Waals surface area contributed by atoms with Crippen molar-refractivity contribution in [3.63, 3.8) is 0 Å². The third-order valence-corrected chi connectivity index (χ3v) is 4.10. The van der Waals surface area contributed by atoms with Gasteiger partial charge in [0.1, 0.15) is 5.75 Å². The lowest BCUT2D eigenvalue weighted by Gasteiger charge is -2.33. The summed E-state index contributed by atoms with van der Waals surface area (Å²) in [6.45, 7) is -0.351. The van der Waals surface area contributed by atoms with Crippen molar-refractivity contribution < 1.29 is 23.1 Å². The Balaban J connectivity index is 2.49. The van der Waals surface area contributed by atoms with E-state index in [9.17, 15) is 13.2 Å². The first-order chi connectivity index (χ1) is 8.95. The highest BCUT2D eigenvalue weighted by Crippen LogP contribution is 2.34. The van der Waals surface area contributed by atoms with Gasteiger partial charge in [-0.1, -0.05) is 12.1 Å². The number of ether oxygens (including phenoxy) is 1. The maximum atomic E-state index is 12.0. The normalized spacial score (nSPS) is 18.1. The van der Waals surface area contributed by atoms with Gasteiger partial charge < -0.3 is 9.84 Å². The van der Waals surface area contributed by atoms with Crippen LogP contribution < -0.4 is 9.04 Å². The predicted molar refractivity (Wildman–Crippen MR) is 65.2 cm³/mol. The molecule has 1 unspecified atom stereocenters. The predicted octanol–water partition coefficient (Wildman–Crippen LogP) is 0.192. The molecule has 0 saturated heterocycles. The second kappa shape index (κ2) is 4.78. The summed E-state index contributed by atoms with van der Waals surface area (Å²) in [6, 6.07) is 7.77. The number of carbonyl (C=O) groups is 1. The fourth-order valence-electron chi connectivity index (χ4n) is 1.75. The molecule has 8 heteroatoms. The van der Waals surface area contributed by atoms with Crippen LogP contribution in [0.25, 0.3) is 0 Å². The van der Waals surface area contributed by atoms with Gasteiger partial charge in [0.05, 0.1) is 18.3 Å². The lowest BCUT2D eigenvalue weighted by Crippen LogP contribution is -2.47. The molecule has 19 heavy (non-hydrogen) atoms. The Labute approximate surface area is 109 Å². The molecule has 100 valence electrons. The zero-order chi connectivity index (χ0) is 14.0. The number of hydrogen-bond donors (Lipinski definition) is 1. The quantitative estimate of drug-likeness (QED) is 0.848. The van der Waals surface area contributed by atoms with E-state index in [4.69, 9.17) is 15.1 Å². The van der Waals surface area contributed by atoms with Crippen LogP contribution in [0.1, 0.15) is 0 Å². The smallest absolute Gasteiger partial charge is 0.346 e. The van der Waals surface area contributed by atoms with Crippen LogP contribution in [0, 0.1) is 11.3 Å². The number of carboxylic acid groups (broad SMARTS) is 1. The fraction of sp³-hybridized carbons (Fsp3) is 0.273. The van der Waals surface area contributed by atoms with E-state index in [1.807, 2.05) is 0 Å². The summed E-state index contributed by atoms with van der Waals surface area (Å²) in [5, 5.41) is 17.5. The van der Waals surface area contributed by atoms with E-state index in [-0.39, 0.29) is 18.0 Å². The van der Waals surface area contributed by atoms with Crippen LogP contribution in [-0.2, 0) is 14.8 Å². The summed E-state index contributed by atoms with van der Waals surface area (Å²) in [4.78, 5) is 11.0. The van der Waals surface area contributed by atoms with E-state index in [0.717, 1.165) is 4.31 Å². The second-order valence-corrected chi connectivity index (χ2v) is 5.75. The minimum atomic E-state index is -3.88. The molecule has 0 bridgehead atoms. The highest BCUT2D eigenvalue weighted by Gasteiger charge is 2.36. The maximum absolute atomic E-state index is 12.0. The number of nitriles is 1. The van der Waals surface area contributed by atoms with Gasteiger partial charge in [-0.3, -0.25) is 4.31 Å². The number of benzene rings is 1. The second-order valence-electron chi connectivity index (χ2n) is 3.86. The van der Waals surface area contributed by atoms with Crippen molar-refractivity contribution in [2.24, 2.45) is 0 Å². The van der Waals surface area contributed by atoms with Crippen molar-refractivity contribution in [1.82, 2.24) is 0 Å². The molecule has 1 N–H and O–H groups in total. The Bertz CT molecular complexity index is 649. The molecule has 0 amide bonds.